The number of hydrogen-bond donors (Lipinski definition) is 2. The van der Waals surface area contributed by atoms with E-state index in [9.17, 15) is 10.4 Å². The Labute approximate surface area is 109 Å². The number of anilines is 2. The van der Waals surface area contributed by atoms with Crippen molar-refractivity contribution in [3.8, 4) is 6.07 Å². The molecule has 3 aliphatic rings. The predicted octanol–water partition coefficient (Wildman–Crippen LogP) is 0.802. The Morgan fingerprint density at radius 1 is 1.44 bits per heavy atom. The third kappa shape index (κ3) is 1.11. The Bertz CT molecular complexity index is 549. The average Bonchev–Trinajstić information content (AvgIpc) is 3.01. The van der Waals surface area contributed by atoms with Crippen LogP contribution in [-0.2, 0) is 0 Å². The van der Waals surface area contributed by atoms with Gasteiger partial charge in [0.25, 0.3) is 0 Å². The molecule has 2 saturated carbocycles. The van der Waals surface area contributed by atoms with E-state index in [2.05, 4.69) is 15.3 Å². The van der Waals surface area contributed by atoms with E-state index in [1.54, 1.807) is 0 Å². The molecule has 0 aromatic carbocycles. The van der Waals surface area contributed by atoms with Gasteiger partial charge in [-0.15, -0.1) is 0 Å². The molecule has 2 bridgehead atoms. The SMILES string of the molecule is N#Cc1c(N)nsc1N1CC2CC3CC2C1C3O. The first kappa shape index (κ1) is 10.6. The second kappa shape index (κ2) is 3.37. The fraction of sp³-hybridized carbons (Fsp3) is 0.667. The van der Waals surface area contributed by atoms with Crippen LogP contribution in [0.5, 0.6) is 0 Å². The van der Waals surface area contributed by atoms with Gasteiger partial charge < -0.3 is 15.7 Å². The van der Waals surface area contributed by atoms with Crippen LogP contribution in [-0.4, -0.2) is 28.2 Å². The molecule has 0 spiro atoms. The third-order valence-corrected chi connectivity index (χ3v) is 5.82. The highest BCUT2D eigenvalue weighted by Crippen LogP contribution is 2.56. The molecule has 0 amide bonds. The fourth-order valence-corrected chi connectivity index (χ4v) is 5.06. The molecule has 6 heteroatoms. The molecule has 2 aliphatic carbocycles. The normalized spacial score (nSPS) is 40.4. The molecule has 5 nitrogen and oxygen atoms in total. The Balaban J connectivity index is 1.77. The molecule has 94 valence electrons. The van der Waals surface area contributed by atoms with Gasteiger partial charge in [-0.1, -0.05) is 0 Å². The average molecular weight is 262 g/mol. The van der Waals surface area contributed by atoms with Crippen molar-refractivity contribution in [1.82, 2.24) is 4.37 Å². The molecule has 2 heterocycles. The summed E-state index contributed by atoms with van der Waals surface area (Å²) in [5.74, 6) is 2.06. The molecule has 5 atom stereocenters. The zero-order chi connectivity index (χ0) is 12.4. The Morgan fingerprint density at radius 3 is 3.00 bits per heavy atom. The van der Waals surface area contributed by atoms with Gasteiger partial charge in [-0.2, -0.15) is 9.64 Å². The topological polar surface area (TPSA) is 86.2 Å². The number of nitriles is 1. The number of nitrogen functional groups attached to an aromatic ring is 1. The highest BCUT2D eigenvalue weighted by Gasteiger charge is 2.59. The van der Waals surface area contributed by atoms with Crippen LogP contribution in [0, 0.1) is 29.1 Å². The number of aliphatic hydroxyl groups excluding tert-OH is 1. The first-order chi connectivity index (χ1) is 8.70. The molecule has 1 saturated heterocycles. The van der Waals surface area contributed by atoms with Crippen LogP contribution in [0.3, 0.4) is 0 Å². The van der Waals surface area contributed by atoms with Gasteiger partial charge in [-0.3, -0.25) is 0 Å². The Hall–Kier alpha value is -1.32. The first-order valence-electron chi connectivity index (χ1n) is 6.30. The largest absolute Gasteiger partial charge is 0.391 e. The van der Waals surface area contributed by atoms with Gasteiger partial charge in [0.15, 0.2) is 5.82 Å². The van der Waals surface area contributed by atoms with Crippen molar-refractivity contribution in [3.05, 3.63) is 5.56 Å². The minimum atomic E-state index is -0.247. The summed E-state index contributed by atoms with van der Waals surface area (Å²) < 4.78 is 4.08. The van der Waals surface area contributed by atoms with Gasteiger partial charge in [0, 0.05) is 6.54 Å². The second-order valence-corrected chi connectivity index (χ2v) is 6.40. The van der Waals surface area contributed by atoms with Gasteiger partial charge in [0.2, 0.25) is 0 Å². The maximum atomic E-state index is 10.3. The lowest BCUT2D eigenvalue weighted by Crippen LogP contribution is -2.40. The monoisotopic (exact) mass is 262 g/mol. The molecule has 1 aromatic heterocycles. The minimum Gasteiger partial charge on any atom is -0.391 e. The van der Waals surface area contributed by atoms with E-state index in [0.29, 0.717) is 29.1 Å². The maximum absolute atomic E-state index is 10.3. The van der Waals surface area contributed by atoms with Crippen molar-refractivity contribution in [1.29, 1.82) is 5.26 Å². The van der Waals surface area contributed by atoms with E-state index in [4.69, 9.17) is 5.73 Å². The highest BCUT2D eigenvalue weighted by molar-refractivity contribution is 7.10. The summed E-state index contributed by atoms with van der Waals surface area (Å²) in [4.78, 5) is 2.19. The van der Waals surface area contributed by atoms with Crippen LogP contribution in [0.25, 0.3) is 0 Å². The number of rotatable bonds is 1. The Kier molecular flexibility index (Phi) is 1.98. The van der Waals surface area contributed by atoms with E-state index < -0.39 is 0 Å². The lowest BCUT2D eigenvalue weighted by Gasteiger charge is -2.29. The number of aliphatic hydroxyl groups is 1. The fourth-order valence-electron chi connectivity index (χ4n) is 4.24. The minimum absolute atomic E-state index is 0.181. The van der Waals surface area contributed by atoms with E-state index in [0.717, 1.165) is 24.4 Å². The number of nitrogens with two attached hydrogens (primary N) is 1. The standard InChI is InChI=1S/C12H14N4OS/c13-3-8-11(14)15-18-12(8)16-4-6-1-5-2-7(6)9(16)10(5)17/h5-7,9-10,17H,1-2,4H2,(H2,14,15). The number of nitrogens with zero attached hydrogens (tertiary/aromatic N) is 3. The van der Waals surface area contributed by atoms with Gasteiger partial charge in [0.05, 0.1) is 12.1 Å². The number of aromatic nitrogens is 1. The van der Waals surface area contributed by atoms with Crippen LogP contribution in [0.1, 0.15) is 18.4 Å². The van der Waals surface area contributed by atoms with E-state index in [-0.39, 0.29) is 12.1 Å². The predicted molar refractivity (Wildman–Crippen MR) is 68.1 cm³/mol. The van der Waals surface area contributed by atoms with Crippen molar-refractivity contribution < 1.29 is 5.11 Å². The van der Waals surface area contributed by atoms with E-state index >= 15 is 0 Å². The molecule has 0 radical (unpaired) electrons. The molecular formula is C12H14N4OS. The lowest BCUT2D eigenvalue weighted by atomic mass is 9.88. The van der Waals surface area contributed by atoms with Crippen molar-refractivity contribution in [2.75, 3.05) is 17.2 Å². The summed E-state index contributed by atoms with van der Waals surface area (Å²) in [5, 5.41) is 20.4. The number of fused-ring (bicyclic) bond motifs is 1. The Morgan fingerprint density at radius 2 is 2.28 bits per heavy atom. The molecule has 18 heavy (non-hydrogen) atoms. The molecule has 4 rings (SSSR count). The molecular weight excluding hydrogens is 248 g/mol. The number of hydrogen-bond acceptors (Lipinski definition) is 6. The van der Waals surface area contributed by atoms with Crippen LogP contribution < -0.4 is 10.6 Å². The van der Waals surface area contributed by atoms with Gasteiger partial charge >= 0.3 is 0 Å². The van der Waals surface area contributed by atoms with Crippen molar-refractivity contribution >= 4 is 22.4 Å². The summed E-state index contributed by atoms with van der Waals surface area (Å²) in [6, 6.07) is 2.32. The van der Waals surface area contributed by atoms with Crippen LogP contribution >= 0.6 is 11.5 Å². The molecule has 1 aromatic rings. The quantitative estimate of drug-likeness (QED) is 0.782. The van der Waals surface area contributed by atoms with Crippen molar-refractivity contribution in [3.63, 3.8) is 0 Å². The molecule has 3 fully saturated rings. The van der Waals surface area contributed by atoms with Crippen molar-refractivity contribution in [2.45, 2.75) is 25.0 Å². The van der Waals surface area contributed by atoms with Crippen LogP contribution in [0.4, 0.5) is 10.8 Å². The highest BCUT2D eigenvalue weighted by atomic mass is 32.1. The molecule has 1 aliphatic heterocycles. The summed E-state index contributed by atoms with van der Waals surface area (Å²) in [5.41, 5.74) is 6.21. The smallest absolute Gasteiger partial charge is 0.157 e. The van der Waals surface area contributed by atoms with Gasteiger partial charge in [0.1, 0.15) is 16.6 Å². The van der Waals surface area contributed by atoms with Crippen molar-refractivity contribution in [2.24, 2.45) is 17.8 Å². The summed E-state index contributed by atoms with van der Waals surface area (Å²) in [6.45, 7) is 0.944. The summed E-state index contributed by atoms with van der Waals surface area (Å²) in [6.07, 6.45) is 2.03. The lowest BCUT2D eigenvalue weighted by molar-refractivity contribution is 0.0968. The molecule has 5 unspecified atom stereocenters. The molecule has 3 N–H and O–H groups in total. The zero-order valence-electron chi connectivity index (χ0n) is 9.78. The first-order valence-corrected chi connectivity index (χ1v) is 7.08. The third-order valence-electron chi connectivity index (χ3n) is 4.92. The van der Waals surface area contributed by atoms with Crippen LogP contribution in [0.15, 0.2) is 0 Å². The summed E-state index contributed by atoms with van der Waals surface area (Å²) >= 11 is 1.29. The van der Waals surface area contributed by atoms with E-state index in [1.165, 1.54) is 11.5 Å². The zero-order valence-corrected chi connectivity index (χ0v) is 10.6. The van der Waals surface area contributed by atoms with Crippen LogP contribution in [0.2, 0.25) is 0 Å². The van der Waals surface area contributed by atoms with Gasteiger partial charge in [-0.25, -0.2) is 0 Å². The van der Waals surface area contributed by atoms with E-state index in [1.807, 2.05) is 0 Å². The maximum Gasteiger partial charge on any atom is 0.157 e. The second-order valence-electron chi connectivity index (χ2n) is 5.65. The summed E-state index contributed by atoms with van der Waals surface area (Å²) in [7, 11) is 0. The van der Waals surface area contributed by atoms with Gasteiger partial charge in [-0.05, 0) is 42.1 Å².